The molecule has 33 heavy (non-hydrogen) atoms. The van der Waals surface area contributed by atoms with Gasteiger partial charge in [0.25, 0.3) is 0 Å². The fourth-order valence-electron chi connectivity index (χ4n) is 5.34. The van der Waals surface area contributed by atoms with E-state index < -0.39 is 5.82 Å². The molecule has 4 rings (SSSR count). The van der Waals surface area contributed by atoms with E-state index in [9.17, 15) is 9.18 Å². The van der Waals surface area contributed by atoms with Crippen molar-refractivity contribution in [3.63, 3.8) is 0 Å². The van der Waals surface area contributed by atoms with Gasteiger partial charge in [-0.3, -0.25) is 9.36 Å². The summed E-state index contributed by atoms with van der Waals surface area (Å²) in [6, 6.07) is 6.59. The van der Waals surface area contributed by atoms with Gasteiger partial charge in [0.05, 0.1) is 5.25 Å². The molecule has 2 aliphatic rings. The zero-order valence-corrected chi connectivity index (χ0v) is 20.8. The predicted molar refractivity (Wildman–Crippen MR) is 128 cm³/mol. The Balaban J connectivity index is 1.54. The van der Waals surface area contributed by atoms with Crippen LogP contribution in [0.5, 0.6) is 5.75 Å². The van der Waals surface area contributed by atoms with Crippen molar-refractivity contribution >= 4 is 17.7 Å². The zero-order chi connectivity index (χ0) is 23.5. The molecule has 5 atom stereocenters. The molecule has 1 aromatic heterocycles. The predicted octanol–water partition coefficient (Wildman–Crippen LogP) is 5.25. The van der Waals surface area contributed by atoms with Gasteiger partial charge >= 0.3 is 0 Å². The highest BCUT2D eigenvalue weighted by molar-refractivity contribution is 8.00. The first-order valence-electron chi connectivity index (χ1n) is 12.1. The highest BCUT2D eigenvalue weighted by Gasteiger charge is 2.43. The van der Waals surface area contributed by atoms with Gasteiger partial charge in [-0.15, -0.1) is 10.2 Å². The third kappa shape index (κ3) is 5.53. The molecule has 1 N–H and O–H groups in total. The summed E-state index contributed by atoms with van der Waals surface area (Å²) < 4.78 is 22.0. The Labute approximate surface area is 200 Å². The number of amides is 1. The van der Waals surface area contributed by atoms with Gasteiger partial charge in [0.15, 0.2) is 22.5 Å². The number of ether oxygens (including phenoxy) is 1. The third-order valence-electron chi connectivity index (χ3n) is 7.08. The van der Waals surface area contributed by atoms with E-state index in [0.29, 0.717) is 24.2 Å². The van der Waals surface area contributed by atoms with Crippen LogP contribution in [0.2, 0.25) is 0 Å². The van der Waals surface area contributed by atoms with Crippen molar-refractivity contribution in [2.75, 3.05) is 6.54 Å². The first-order chi connectivity index (χ1) is 15.8. The van der Waals surface area contributed by atoms with Crippen LogP contribution in [0.1, 0.15) is 65.2 Å². The fraction of sp³-hybridized carbons (Fsp3) is 0.640. The van der Waals surface area contributed by atoms with E-state index in [0.717, 1.165) is 17.0 Å². The number of nitrogens with one attached hydrogen (secondary N) is 1. The second-order valence-corrected chi connectivity index (χ2v) is 11.3. The van der Waals surface area contributed by atoms with Crippen LogP contribution in [-0.2, 0) is 11.4 Å². The maximum Gasteiger partial charge on any atom is 0.233 e. The van der Waals surface area contributed by atoms with E-state index >= 15 is 0 Å². The van der Waals surface area contributed by atoms with Crippen LogP contribution in [-0.4, -0.2) is 32.5 Å². The maximum atomic E-state index is 14.1. The number of fused-ring (bicyclic) bond motifs is 2. The van der Waals surface area contributed by atoms with Crippen LogP contribution < -0.4 is 10.1 Å². The van der Waals surface area contributed by atoms with Gasteiger partial charge in [0.2, 0.25) is 5.91 Å². The van der Waals surface area contributed by atoms with E-state index in [2.05, 4.69) is 40.9 Å². The molecule has 1 aromatic carbocycles. The number of para-hydroxylation sites is 1. The number of halogens is 1. The minimum Gasteiger partial charge on any atom is -0.483 e. The summed E-state index contributed by atoms with van der Waals surface area (Å²) in [5.41, 5.74) is 0. The summed E-state index contributed by atoms with van der Waals surface area (Å²) >= 11 is 1.43. The minimum absolute atomic E-state index is 0.0000157. The molecule has 0 aliphatic heterocycles. The van der Waals surface area contributed by atoms with Crippen molar-refractivity contribution < 1.29 is 13.9 Å². The van der Waals surface area contributed by atoms with Crippen molar-refractivity contribution in [2.45, 2.75) is 76.4 Å². The van der Waals surface area contributed by atoms with E-state index in [1.165, 1.54) is 43.5 Å². The van der Waals surface area contributed by atoms with Gasteiger partial charge in [-0.1, -0.05) is 44.2 Å². The van der Waals surface area contributed by atoms with Gasteiger partial charge in [0.1, 0.15) is 6.61 Å². The van der Waals surface area contributed by atoms with E-state index in [4.69, 9.17) is 4.74 Å². The van der Waals surface area contributed by atoms with Gasteiger partial charge in [0, 0.05) is 12.6 Å². The Kier molecular flexibility index (Phi) is 7.62. The molecular weight excluding hydrogens is 439 g/mol. The second-order valence-electron chi connectivity index (χ2n) is 9.97. The highest BCUT2D eigenvalue weighted by Crippen LogP contribution is 2.52. The standard InChI is InChI=1S/C25H35FN4O2S/c1-15(2)13-27-24(31)17(4)33-25-29-28-23(14-32-22-8-6-5-7-21(22)26)30(25)16(3)20-12-18-9-10-19(20)11-18/h5-8,15-20H,9-14H2,1-4H3,(H,27,31). The number of hydrogen-bond donors (Lipinski definition) is 1. The number of benzene rings is 1. The van der Waals surface area contributed by atoms with Gasteiger partial charge in [-0.2, -0.15) is 0 Å². The van der Waals surface area contributed by atoms with Crippen LogP contribution in [0, 0.1) is 29.5 Å². The number of carbonyl (C=O) groups excluding carboxylic acids is 1. The summed E-state index contributed by atoms with van der Waals surface area (Å²) in [7, 11) is 0. The van der Waals surface area contributed by atoms with E-state index in [1.807, 2.05) is 6.92 Å². The smallest absolute Gasteiger partial charge is 0.233 e. The third-order valence-corrected chi connectivity index (χ3v) is 8.14. The average molecular weight is 475 g/mol. The molecule has 2 aliphatic carbocycles. The van der Waals surface area contributed by atoms with Crippen LogP contribution in [0.3, 0.4) is 0 Å². The first-order valence-corrected chi connectivity index (χ1v) is 13.0. The monoisotopic (exact) mass is 474 g/mol. The van der Waals surface area contributed by atoms with Crippen LogP contribution >= 0.6 is 11.8 Å². The normalized spacial score (nSPS) is 23.6. The van der Waals surface area contributed by atoms with Gasteiger partial charge < -0.3 is 10.1 Å². The number of thioether (sulfide) groups is 1. The first kappa shape index (κ1) is 24.0. The number of rotatable bonds is 10. The number of hydrogen-bond acceptors (Lipinski definition) is 5. The largest absolute Gasteiger partial charge is 0.483 e. The quantitative estimate of drug-likeness (QED) is 0.477. The van der Waals surface area contributed by atoms with E-state index in [-0.39, 0.29) is 29.6 Å². The molecule has 0 spiro atoms. The molecule has 2 saturated carbocycles. The summed E-state index contributed by atoms with van der Waals surface area (Å²) in [5, 5.41) is 12.3. The summed E-state index contributed by atoms with van der Waals surface area (Å²) in [5.74, 6) is 3.01. The SMILES string of the molecule is CC(C)CNC(=O)C(C)Sc1nnc(COc2ccccc2F)n1C(C)C1CC2CCC1C2. The Bertz CT molecular complexity index is 966. The van der Waals surface area contributed by atoms with Crippen molar-refractivity contribution in [3.05, 3.63) is 35.9 Å². The van der Waals surface area contributed by atoms with Gasteiger partial charge in [-0.05, 0) is 68.9 Å². The summed E-state index contributed by atoms with van der Waals surface area (Å²) in [6.45, 7) is 9.07. The van der Waals surface area contributed by atoms with Gasteiger partial charge in [-0.25, -0.2) is 4.39 Å². The summed E-state index contributed by atoms with van der Waals surface area (Å²) in [4.78, 5) is 12.6. The van der Waals surface area contributed by atoms with E-state index in [1.54, 1.807) is 18.2 Å². The van der Waals surface area contributed by atoms with Crippen LogP contribution in [0.25, 0.3) is 0 Å². The minimum atomic E-state index is -0.394. The number of aromatic nitrogens is 3. The fourth-order valence-corrected chi connectivity index (χ4v) is 6.32. The van der Waals surface area contributed by atoms with Crippen molar-refractivity contribution in [3.8, 4) is 5.75 Å². The van der Waals surface area contributed by atoms with Crippen molar-refractivity contribution in [1.82, 2.24) is 20.1 Å². The molecule has 6 nitrogen and oxygen atoms in total. The molecular formula is C25H35FN4O2S. The average Bonchev–Trinajstić information content (AvgIpc) is 3.52. The Morgan fingerprint density at radius 1 is 1.21 bits per heavy atom. The molecule has 5 unspecified atom stereocenters. The summed E-state index contributed by atoms with van der Waals surface area (Å²) in [6.07, 6.45) is 5.17. The molecule has 1 heterocycles. The molecule has 0 radical (unpaired) electrons. The lowest BCUT2D eigenvalue weighted by Crippen LogP contribution is -2.34. The lowest BCUT2D eigenvalue weighted by molar-refractivity contribution is -0.120. The molecule has 0 saturated heterocycles. The molecule has 2 bridgehead atoms. The Hall–Kier alpha value is -2.09. The van der Waals surface area contributed by atoms with Crippen LogP contribution in [0.15, 0.2) is 29.4 Å². The molecule has 1 amide bonds. The molecule has 180 valence electrons. The molecule has 2 aromatic rings. The second kappa shape index (κ2) is 10.5. The topological polar surface area (TPSA) is 69.0 Å². The highest BCUT2D eigenvalue weighted by atomic mass is 32.2. The zero-order valence-electron chi connectivity index (χ0n) is 20.0. The van der Waals surface area contributed by atoms with Crippen molar-refractivity contribution in [1.29, 1.82) is 0 Å². The maximum absolute atomic E-state index is 14.1. The molecule has 2 fully saturated rings. The number of carbonyl (C=O) groups is 1. The Morgan fingerprint density at radius 3 is 2.67 bits per heavy atom. The van der Waals surface area contributed by atoms with Crippen molar-refractivity contribution in [2.24, 2.45) is 23.7 Å². The number of nitrogens with zero attached hydrogens (tertiary/aromatic N) is 3. The lowest BCUT2D eigenvalue weighted by Gasteiger charge is -2.30. The molecule has 8 heteroatoms. The Morgan fingerprint density at radius 2 is 2.00 bits per heavy atom. The van der Waals surface area contributed by atoms with Crippen LogP contribution in [0.4, 0.5) is 4.39 Å². The lowest BCUT2D eigenvalue weighted by atomic mass is 9.84.